The van der Waals surface area contributed by atoms with Crippen molar-refractivity contribution >= 4 is 12.1 Å². The molecule has 2 rings (SSSR count). The fourth-order valence-corrected chi connectivity index (χ4v) is 1.61. The van der Waals surface area contributed by atoms with Crippen molar-refractivity contribution in [3.8, 4) is 11.3 Å². The van der Waals surface area contributed by atoms with Crippen LogP contribution in [0.15, 0.2) is 18.2 Å². The summed E-state index contributed by atoms with van der Waals surface area (Å²) in [4.78, 5) is 18.8. The van der Waals surface area contributed by atoms with Gasteiger partial charge in [-0.2, -0.15) is 0 Å². The SMILES string of the molecule is Cc1nc(N)c(C=O)c(-c2ccc(F)cc2F)n1. The van der Waals surface area contributed by atoms with Crippen molar-refractivity contribution in [3.63, 3.8) is 0 Å². The minimum atomic E-state index is -0.810. The molecule has 92 valence electrons. The number of anilines is 1. The average molecular weight is 249 g/mol. The third-order valence-electron chi connectivity index (χ3n) is 2.39. The number of aromatic nitrogens is 2. The average Bonchev–Trinajstić information content (AvgIpc) is 2.28. The number of nitrogens with zero attached hydrogens (tertiary/aromatic N) is 2. The van der Waals surface area contributed by atoms with Crippen LogP contribution in [0.2, 0.25) is 0 Å². The third kappa shape index (κ3) is 2.04. The number of hydrogen-bond acceptors (Lipinski definition) is 4. The highest BCUT2D eigenvalue weighted by Gasteiger charge is 2.16. The van der Waals surface area contributed by atoms with E-state index >= 15 is 0 Å². The van der Waals surface area contributed by atoms with Gasteiger partial charge in [-0.1, -0.05) is 0 Å². The molecule has 0 bridgehead atoms. The van der Waals surface area contributed by atoms with Crippen LogP contribution in [0.25, 0.3) is 11.3 Å². The highest BCUT2D eigenvalue weighted by Crippen LogP contribution is 2.26. The summed E-state index contributed by atoms with van der Waals surface area (Å²) in [5.41, 5.74) is 5.64. The fraction of sp³-hybridized carbons (Fsp3) is 0.0833. The normalized spacial score (nSPS) is 10.4. The van der Waals surface area contributed by atoms with Crippen LogP contribution in [0.5, 0.6) is 0 Å². The Kier molecular flexibility index (Phi) is 3.01. The smallest absolute Gasteiger partial charge is 0.155 e. The van der Waals surface area contributed by atoms with E-state index in [0.29, 0.717) is 12.1 Å². The lowest BCUT2D eigenvalue weighted by molar-refractivity contribution is 0.112. The molecule has 1 heterocycles. The second-order valence-corrected chi connectivity index (χ2v) is 3.66. The number of benzene rings is 1. The van der Waals surface area contributed by atoms with Crippen molar-refractivity contribution in [1.29, 1.82) is 0 Å². The molecular weight excluding hydrogens is 240 g/mol. The van der Waals surface area contributed by atoms with Gasteiger partial charge in [0.15, 0.2) is 6.29 Å². The number of aryl methyl sites for hydroxylation is 1. The zero-order valence-electron chi connectivity index (χ0n) is 9.45. The molecule has 2 N–H and O–H groups in total. The molecule has 1 aromatic heterocycles. The van der Waals surface area contributed by atoms with Gasteiger partial charge in [-0.15, -0.1) is 0 Å². The van der Waals surface area contributed by atoms with Crippen LogP contribution in [0.3, 0.4) is 0 Å². The summed E-state index contributed by atoms with van der Waals surface area (Å²) in [6, 6.07) is 3.01. The number of carbonyl (C=O) groups is 1. The molecule has 1 aromatic carbocycles. The standard InChI is InChI=1S/C12H9F2N3O/c1-6-16-11(9(5-18)12(15)17-6)8-3-2-7(13)4-10(8)14/h2-5H,1H3,(H2,15,16,17). The number of nitrogens with two attached hydrogens (primary N) is 1. The van der Waals surface area contributed by atoms with Crippen LogP contribution in [-0.2, 0) is 0 Å². The predicted octanol–water partition coefficient (Wildman–Crippen LogP) is 2.12. The largest absolute Gasteiger partial charge is 0.383 e. The summed E-state index contributed by atoms with van der Waals surface area (Å²) in [5, 5.41) is 0. The first-order valence-electron chi connectivity index (χ1n) is 5.07. The summed E-state index contributed by atoms with van der Waals surface area (Å²) in [5.74, 6) is -1.24. The number of nitrogen functional groups attached to an aromatic ring is 1. The lowest BCUT2D eigenvalue weighted by atomic mass is 10.1. The predicted molar refractivity (Wildman–Crippen MR) is 61.9 cm³/mol. The molecule has 0 unspecified atom stereocenters. The van der Waals surface area contributed by atoms with Gasteiger partial charge in [0, 0.05) is 11.6 Å². The lowest BCUT2D eigenvalue weighted by Crippen LogP contribution is -2.05. The zero-order valence-corrected chi connectivity index (χ0v) is 9.45. The number of carbonyl (C=O) groups excluding carboxylic acids is 1. The topological polar surface area (TPSA) is 68.9 Å². The van der Waals surface area contributed by atoms with Crippen LogP contribution in [-0.4, -0.2) is 16.3 Å². The van der Waals surface area contributed by atoms with E-state index < -0.39 is 11.6 Å². The van der Waals surface area contributed by atoms with Crippen LogP contribution in [0.4, 0.5) is 14.6 Å². The first kappa shape index (κ1) is 12.1. The van der Waals surface area contributed by atoms with E-state index in [1.54, 1.807) is 6.92 Å². The van der Waals surface area contributed by atoms with Gasteiger partial charge < -0.3 is 5.73 Å². The maximum Gasteiger partial charge on any atom is 0.155 e. The van der Waals surface area contributed by atoms with Gasteiger partial charge in [-0.05, 0) is 19.1 Å². The summed E-state index contributed by atoms with van der Waals surface area (Å²) in [7, 11) is 0. The van der Waals surface area contributed by atoms with E-state index in [1.807, 2.05) is 0 Å². The number of hydrogen-bond donors (Lipinski definition) is 1. The highest BCUT2D eigenvalue weighted by atomic mass is 19.1. The van der Waals surface area contributed by atoms with E-state index in [4.69, 9.17) is 5.73 Å². The molecule has 0 fully saturated rings. The van der Waals surface area contributed by atoms with Gasteiger partial charge in [-0.25, -0.2) is 18.7 Å². The molecular formula is C12H9F2N3O. The van der Waals surface area contributed by atoms with E-state index in [0.717, 1.165) is 12.1 Å². The summed E-state index contributed by atoms with van der Waals surface area (Å²) in [6.07, 6.45) is 0.451. The monoisotopic (exact) mass is 249 g/mol. The first-order valence-corrected chi connectivity index (χ1v) is 5.07. The van der Waals surface area contributed by atoms with Crippen molar-refractivity contribution in [2.24, 2.45) is 0 Å². The molecule has 0 saturated heterocycles. The summed E-state index contributed by atoms with van der Waals surface area (Å²) >= 11 is 0. The molecule has 2 aromatic rings. The molecule has 0 spiro atoms. The summed E-state index contributed by atoms with van der Waals surface area (Å²) in [6.45, 7) is 1.57. The second-order valence-electron chi connectivity index (χ2n) is 3.66. The van der Waals surface area contributed by atoms with Crippen molar-refractivity contribution in [3.05, 3.63) is 41.2 Å². The Labute approximate surface area is 101 Å². The number of aldehydes is 1. The zero-order chi connectivity index (χ0) is 13.3. The Morgan fingerprint density at radius 3 is 2.61 bits per heavy atom. The van der Waals surface area contributed by atoms with Crippen molar-refractivity contribution in [2.45, 2.75) is 6.92 Å². The Hall–Kier alpha value is -2.37. The van der Waals surface area contributed by atoms with Crippen LogP contribution in [0, 0.1) is 18.6 Å². The molecule has 0 amide bonds. The quantitative estimate of drug-likeness (QED) is 0.828. The molecule has 0 radical (unpaired) electrons. The lowest BCUT2D eigenvalue weighted by Gasteiger charge is -2.08. The van der Waals surface area contributed by atoms with Gasteiger partial charge in [-0.3, -0.25) is 4.79 Å². The second kappa shape index (κ2) is 4.48. The molecule has 0 aliphatic heterocycles. The Balaban J connectivity index is 2.73. The van der Waals surface area contributed by atoms with E-state index in [1.165, 1.54) is 6.07 Å². The van der Waals surface area contributed by atoms with Gasteiger partial charge in [0.25, 0.3) is 0 Å². The van der Waals surface area contributed by atoms with Crippen molar-refractivity contribution in [2.75, 3.05) is 5.73 Å². The number of rotatable bonds is 2. The fourth-order valence-electron chi connectivity index (χ4n) is 1.61. The van der Waals surface area contributed by atoms with Crippen molar-refractivity contribution in [1.82, 2.24) is 9.97 Å². The maximum atomic E-state index is 13.7. The third-order valence-corrected chi connectivity index (χ3v) is 2.39. The van der Waals surface area contributed by atoms with E-state index in [2.05, 4.69) is 9.97 Å². The summed E-state index contributed by atoms with van der Waals surface area (Å²) < 4.78 is 26.5. The van der Waals surface area contributed by atoms with Crippen LogP contribution < -0.4 is 5.73 Å². The minimum Gasteiger partial charge on any atom is -0.383 e. The number of halogens is 2. The van der Waals surface area contributed by atoms with Crippen LogP contribution >= 0.6 is 0 Å². The van der Waals surface area contributed by atoms with Crippen LogP contribution in [0.1, 0.15) is 16.2 Å². The molecule has 6 heteroatoms. The van der Waals surface area contributed by atoms with Gasteiger partial charge in [0.05, 0.1) is 11.3 Å². The molecule has 18 heavy (non-hydrogen) atoms. The molecule has 0 aliphatic rings. The van der Waals surface area contributed by atoms with Gasteiger partial charge >= 0.3 is 0 Å². The minimum absolute atomic E-state index is 0.00823. The van der Waals surface area contributed by atoms with Gasteiger partial charge in [0.2, 0.25) is 0 Å². The highest BCUT2D eigenvalue weighted by molar-refractivity contribution is 5.91. The molecule has 4 nitrogen and oxygen atoms in total. The van der Waals surface area contributed by atoms with E-state index in [9.17, 15) is 13.6 Å². The van der Waals surface area contributed by atoms with Crippen molar-refractivity contribution < 1.29 is 13.6 Å². The molecule has 0 atom stereocenters. The Morgan fingerprint density at radius 1 is 1.28 bits per heavy atom. The Morgan fingerprint density at radius 2 is 2.00 bits per heavy atom. The first-order chi connectivity index (χ1) is 8.52. The van der Waals surface area contributed by atoms with Gasteiger partial charge in [0.1, 0.15) is 23.3 Å². The molecule has 0 aliphatic carbocycles. The Bertz CT molecular complexity index is 629. The maximum absolute atomic E-state index is 13.7. The van der Waals surface area contributed by atoms with E-state index in [-0.39, 0.29) is 22.6 Å². The molecule has 0 saturated carbocycles.